The summed E-state index contributed by atoms with van der Waals surface area (Å²) in [4.78, 5) is 29.0. The van der Waals surface area contributed by atoms with Crippen molar-refractivity contribution in [1.29, 1.82) is 0 Å². The Hall–Kier alpha value is -2.93. The molecule has 2 aromatic heterocycles. The summed E-state index contributed by atoms with van der Waals surface area (Å²) >= 11 is 1.54. The van der Waals surface area contributed by atoms with Crippen molar-refractivity contribution in [2.75, 3.05) is 10.6 Å². The van der Waals surface area contributed by atoms with Crippen molar-refractivity contribution < 1.29 is 14.0 Å². The van der Waals surface area contributed by atoms with Gasteiger partial charge in [-0.2, -0.15) is 0 Å². The first kappa shape index (κ1) is 17.9. The maximum atomic E-state index is 12.4. The van der Waals surface area contributed by atoms with Gasteiger partial charge in [0.1, 0.15) is 5.76 Å². The molecule has 7 heteroatoms. The molecule has 0 fully saturated rings. The number of thiophene rings is 1. The fourth-order valence-corrected chi connectivity index (χ4v) is 3.13. The molecule has 134 valence electrons. The van der Waals surface area contributed by atoms with E-state index in [1.807, 2.05) is 30.5 Å². The Morgan fingerprint density at radius 2 is 2.00 bits per heavy atom. The van der Waals surface area contributed by atoms with Crippen molar-refractivity contribution in [2.45, 2.75) is 27.2 Å². The fourth-order valence-electron chi connectivity index (χ4n) is 2.48. The van der Waals surface area contributed by atoms with Crippen molar-refractivity contribution in [2.24, 2.45) is 0 Å². The molecule has 0 saturated heterocycles. The maximum Gasteiger partial charge on any atom is 0.236 e. The number of hydrogen-bond donors (Lipinski definition) is 2. The molecule has 6 nitrogen and oxygen atoms in total. The third kappa shape index (κ3) is 4.18. The number of carbonyl (C=O) groups excluding carboxylic acids is 2. The van der Waals surface area contributed by atoms with Gasteiger partial charge in [-0.15, -0.1) is 11.3 Å². The van der Waals surface area contributed by atoms with E-state index in [-0.39, 0.29) is 18.2 Å². The van der Waals surface area contributed by atoms with Gasteiger partial charge >= 0.3 is 0 Å². The summed E-state index contributed by atoms with van der Waals surface area (Å²) in [6.07, 6.45) is 0.115. The summed E-state index contributed by atoms with van der Waals surface area (Å²) in [5.41, 5.74) is 2.82. The lowest BCUT2D eigenvalue weighted by Crippen LogP contribution is -2.15. The van der Waals surface area contributed by atoms with Crippen LogP contribution in [0.2, 0.25) is 0 Å². The Labute approximate surface area is 155 Å². The van der Waals surface area contributed by atoms with Crippen LogP contribution in [0.1, 0.15) is 23.9 Å². The van der Waals surface area contributed by atoms with Crippen LogP contribution in [0.15, 0.2) is 40.1 Å². The lowest BCUT2D eigenvalue weighted by Gasteiger charge is -2.10. The van der Waals surface area contributed by atoms with Crippen LogP contribution in [0, 0.1) is 13.8 Å². The van der Waals surface area contributed by atoms with Gasteiger partial charge in [0, 0.05) is 18.3 Å². The van der Waals surface area contributed by atoms with Crippen LogP contribution in [0.5, 0.6) is 0 Å². The Bertz CT molecular complexity index is 945. The van der Waals surface area contributed by atoms with E-state index in [4.69, 9.17) is 4.42 Å². The van der Waals surface area contributed by atoms with Crippen LogP contribution in [0.4, 0.5) is 11.4 Å². The number of benzene rings is 1. The summed E-state index contributed by atoms with van der Waals surface area (Å²) < 4.78 is 5.66. The molecule has 3 rings (SSSR count). The molecule has 2 heterocycles. The Balaban J connectivity index is 1.71. The van der Waals surface area contributed by atoms with Gasteiger partial charge in [-0.25, -0.2) is 4.98 Å². The second kappa shape index (κ2) is 7.53. The molecule has 2 N–H and O–H groups in total. The zero-order valence-electron chi connectivity index (χ0n) is 14.8. The summed E-state index contributed by atoms with van der Waals surface area (Å²) in [6.45, 7) is 5.14. The van der Waals surface area contributed by atoms with Gasteiger partial charge < -0.3 is 15.1 Å². The quantitative estimate of drug-likeness (QED) is 0.707. The van der Waals surface area contributed by atoms with Crippen molar-refractivity contribution in [3.05, 3.63) is 52.7 Å². The van der Waals surface area contributed by atoms with Gasteiger partial charge in [-0.1, -0.05) is 12.1 Å². The van der Waals surface area contributed by atoms with E-state index in [0.29, 0.717) is 28.7 Å². The molecule has 1 aromatic carbocycles. The van der Waals surface area contributed by atoms with Crippen molar-refractivity contribution in [1.82, 2.24) is 4.98 Å². The zero-order valence-corrected chi connectivity index (χ0v) is 15.6. The summed E-state index contributed by atoms with van der Waals surface area (Å²) in [6, 6.07) is 9.23. The highest BCUT2D eigenvalue weighted by atomic mass is 32.1. The smallest absolute Gasteiger partial charge is 0.236 e. The second-order valence-electron chi connectivity index (χ2n) is 5.94. The molecule has 0 spiro atoms. The van der Waals surface area contributed by atoms with E-state index in [9.17, 15) is 9.59 Å². The van der Waals surface area contributed by atoms with Crippen LogP contribution >= 0.6 is 11.3 Å². The van der Waals surface area contributed by atoms with E-state index in [0.717, 1.165) is 10.4 Å². The van der Waals surface area contributed by atoms with Crippen LogP contribution in [0.3, 0.4) is 0 Å². The monoisotopic (exact) mass is 369 g/mol. The van der Waals surface area contributed by atoms with E-state index in [1.54, 1.807) is 19.1 Å². The van der Waals surface area contributed by atoms with Crippen molar-refractivity contribution in [3.63, 3.8) is 0 Å². The molecule has 0 bridgehead atoms. The molecule has 0 aliphatic rings. The lowest BCUT2D eigenvalue weighted by atomic mass is 10.1. The highest BCUT2D eigenvalue weighted by Crippen LogP contribution is 2.26. The summed E-state index contributed by atoms with van der Waals surface area (Å²) in [5, 5.41) is 7.53. The van der Waals surface area contributed by atoms with Gasteiger partial charge in [0.2, 0.25) is 17.7 Å². The Kier molecular flexibility index (Phi) is 5.18. The largest absolute Gasteiger partial charge is 0.440 e. The first-order chi connectivity index (χ1) is 12.4. The number of amides is 2. The molecule has 0 aliphatic heterocycles. The van der Waals surface area contributed by atoms with Crippen molar-refractivity contribution in [3.8, 4) is 10.8 Å². The number of nitrogens with zero attached hydrogens (tertiary/aromatic N) is 1. The minimum atomic E-state index is -0.197. The molecular formula is C19H19N3O3S. The zero-order chi connectivity index (χ0) is 18.7. The molecule has 26 heavy (non-hydrogen) atoms. The number of nitrogens with one attached hydrogen (secondary N) is 2. The molecule has 2 amide bonds. The highest BCUT2D eigenvalue weighted by Gasteiger charge is 2.15. The second-order valence-corrected chi connectivity index (χ2v) is 6.88. The minimum Gasteiger partial charge on any atom is -0.440 e. The molecule has 3 aromatic rings. The van der Waals surface area contributed by atoms with E-state index >= 15 is 0 Å². The topological polar surface area (TPSA) is 84.2 Å². The van der Waals surface area contributed by atoms with Crippen LogP contribution < -0.4 is 10.6 Å². The number of rotatable bonds is 5. The van der Waals surface area contributed by atoms with Gasteiger partial charge in [-0.3, -0.25) is 9.59 Å². The fraction of sp³-hybridized carbons (Fsp3) is 0.211. The number of aryl methyl sites for hydroxylation is 2. The predicted octanol–water partition coefficient (Wildman–Crippen LogP) is 4.16. The van der Waals surface area contributed by atoms with Gasteiger partial charge in [0.25, 0.3) is 0 Å². The summed E-state index contributed by atoms with van der Waals surface area (Å²) in [7, 11) is 0. The number of oxazole rings is 1. The third-order valence-electron chi connectivity index (χ3n) is 3.78. The molecule has 0 aliphatic carbocycles. The molecule has 0 saturated carbocycles. The number of anilines is 2. The van der Waals surface area contributed by atoms with Crippen molar-refractivity contribution >= 4 is 34.5 Å². The molecular weight excluding hydrogens is 350 g/mol. The highest BCUT2D eigenvalue weighted by molar-refractivity contribution is 7.13. The van der Waals surface area contributed by atoms with Gasteiger partial charge in [-0.05, 0) is 43.0 Å². The Morgan fingerprint density at radius 1 is 1.19 bits per heavy atom. The van der Waals surface area contributed by atoms with E-state index in [1.165, 1.54) is 18.3 Å². The van der Waals surface area contributed by atoms with E-state index < -0.39 is 0 Å². The molecule has 0 atom stereocenters. The average Bonchev–Trinajstić information content (AvgIpc) is 3.21. The van der Waals surface area contributed by atoms with Gasteiger partial charge in [0.05, 0.1) is 17.0 Å². The maximum absolute atomic E-state index is 12.4. The normalized spacial score (nSPS) is 10.6. The Morgan fingerprint density at radius 3 is 2.69 bits per heavy atom. The number of carbonyl (C=O) groups is 2. The predicted molar refractivity (Wildman–Crippen MR) is 102 cm³/mol. The summed E-state index contributed by atoms with van der Waals surface area (Å²) in [5.74, 6) is 0.808. The first-order valence-electron chi connectivity index (χ1n) is 8.10. The van der Waals surface area contributed by atoms with Crippen LogP contribution in [-0.4, -0.2) is 16.8 Å². The van der Waals surface area contributed by atoms with Gasteiger partial charge in [0.15, 0.2) is 0 Å². The average molecular weight is 369 g/mol. The number of hydrogen-bond acceptors (Lipinski definition) is 5. The molecule has 0 radical (unpaired) electrons. The third-order valence-corrected chi connectivity index (χ3v) is 4.64. The van der Waals surface area contributed by atoms with Crippen LogP contribution in [0.25, 0.3) is 10.8 Å². The first-order valence-corrected chi connectivity index (χ1v) is 8.98. The standard InChI is InChI=1S/C19H19N3O3S/c1-11-6-7-14(9-15(11)20-13(3)23)21-18(24)10-16-12(2)25-19(22-16)17-5-4-8-26-17/h4-9H,10H2,1-3H3,(H,20,23)(H,21,24). The molecule has 0 unspecified atom stereocenters. The van der Waals surface area contributed by atoms with E-state index in [2.05, 4.69) is 15.6 Å². The minimum absolute atomic E-state index is 0.115. The van der Waals surface area contributed by atoms with Crippen LogP contribution in [-0.2, 0) is 16.0 Å². The SMILES string of the molecule is CC(=O)Nc1cc(NC(=O)Cc2nc(-c3cccs3)oc2C)ccc1C. The number of aromatic nitrogens is 1. The lowest BCUT2D eigenvalue weighted by molar-refractivity contribution is -0.116.